The zero-order chi connectivity index (χ0) is 14.5. The fraction of sp³-hybridized carbons (Fsp3) is 0.571. The van der Waals surface area contributed by atoms with Crippen LogP contribution in [0.4, 0.5) is 5.82 Å². The van der Waals surface area contributed by atoms with Gasteiger partial charge in [-0.25, -0.2) is 4.98 Å². The molecule has 0 unspecified atom stereocenters. The first-order valence-electron chi connectivity index (χ1n) is 6.51. The topological polar surface area (TPSA) is 54.0 Å². The van der Waals surface area contributed by atoms with Crippen molar-refractivity contribution in [3.8, 4) is 0 Å². The molecule has 0 saturated carbocycles. The molecule has 0 aliphatic carbocycles. The molecule has 0 saturated heterocycles. The molecule has 0 radical (unpaired) electrons. The smallest absolute Gasteiger partial charge is 0.252 e. The lowest BCUT2D eigenvalue weighted by atomic mass is 9.92. The zero-order valence-electron chi connectivity index (χ0n) is 12.0. The molecular formula is C14H22ClN3O. The largest absolute Gasteiger partial charge is 0.369 e. The normalized spacial score (nSPS) is 11.2. The van der Waals surface area contributed by atoms with Crippen LogP contribution in [0.5, 0.6) is 0 Å². The summed E-state index contributed by atoms with van der Waals surface area (Å²) in [6, 6.07) is 1.64. The minimum Gasteiger partial charge on any atom is -0.369 e. The van der Waals surface area contributed by atoms with E-state index >= 15 is 0 Å². The minimum atomic E-state index is -0.137. The predicted octanol–water partition coefficient (Wildman–Crippen LogP) is 3.33. The minimum absolute atomic E-state index is 0.137. The maximum atomic E-state index is 11.9. The Morgan fingerprint density at radius 3 is 2.63 bits per heavy atom. The number of hydrogen-bond donors (Lipinski definition) is 2. The summed E-state index contributed by atoms with van der Waals surface area (Å²) in [7, 11) is 0. The summed E-state index contributed by atoms with van der Waals surface area (Å²) in [4.78, 5) is 16.1. The Hall–Kier alpha value is -1.29. The third-order valence-electron chi connectivity index (χ3n) is 2.61. The van der Waals surface area contributed by atoms with Crippen LogP contribution in [-0.4, -0.2) is 24.0 Å². The van der Waals surface area contributed by atoms with Crippen LogP contribution in [0.2, 0.25) is 5.02 Å². The number of amides is 1. The van der Waals surface area contributed by atoms with Crippen LogP contribution in [0.15, 0.2) is 12.3 Å². The standard InChI is InChI=1S/C14H22ClN3O/c1-5-16-12-11(15)8-10(9-18-12)13(19)17-7-6-14(2,3)4/h8-9H,5-7H2,1-4H3,(H,16,18)(H,17,19). The highest BCUT2D eigenvalue weighted by Gasteiger charge is 2.12. The number of anilines is 1. The van der Waals surface area contributed by atoms with Crippen LogP contribution in [0, 0.1) is 5.41 Å². The van der Waals surface area contributed by atoms with Gasteiger partial charge < -0.3 is 10.6 Å². The molecule has 1 heterocycles. The van der Waals surface area contributed by atoms with Crippen molar-refractivity contribution in [2.45, 2.75) is 34.1 Å². The number of carbonyl (C=O) groups excluding carboxylic acids is 1. The van der Waals surface area contributed by atoms with Gasteiger partial charge in [-0.3, -0.25) is 4.79 Å². The first kappa shape index (κ1) is 15.8. The van der Waals surface area contributed by atoms with Crippen LogP contribution in [0.1, 0.15) is 44.5 Å². The Bertz CT molecular complexity index is 441. The van der Waals surface area contributed by atoms with Crippen LogP contribution in [0.25, 0.3) is 0 Å². The molecule has 5 heteroatoms. The molecule has 0 fully saturated rings. The number of carbonyl (C=O) groups is 1. The number of nitrogens with one attached hydrogen (secondary N) is 2. The molecule has 106 valence electrons. The number of aromatic nitrogens is 1. The molecule has 0 bridgehead atoms. The van der Waals surface area contributed by atoms with Gasteiger partial charge in [0.1, 0.15) is 5.82 Å². The summed E-state index contributed by atoms with van der Waals surface area (Å²) in [5.41, 5.74) is 0.693. The third kappa shape index (κ3) is 5.47. The highest BCUT2D eigenvalue weighted by Crippen LogP contribution is 2.20. The quantitative estimate of drug-likeness (QED) is 0.871. The van der Waals surface area contributed by atoms with E-state index < -0.39 is 0 Å². The van der Waals surface area contributed by atoms with Gasteiger partial charge in [-0.2, -0.15) is 0 Å². The van der Waals surface area contributed by atoms with Crippen LogP contribution in [0.3, 0.4) is 0 Å². The van der Waals surface area contributed by atoms with Crippen molar-refractivity contribution in [1.29, 1.82) is 0 Å². The average molecular weight is 284 g/mol. The first-order chi connectivity index (χ1) is 8.83. The summed E-state index contributed by atoms with van der Waals surface area (Å²) in [6.45, 7) is 9.78. The van der Waals surface area contributed by atoms with E-state index in [0.717, 1.165) is 13.0 Å². The lowest BCUT2D eigenvalue weighted by Gasteiger charge is -2.18. The van der Waals surface area contributed by atoms with E-state index in [4.69, 9.17) is 11.6 Å². The van der Waals surface area contributed by atoms with E-state index in [-0.39, 0.29) is 11.3 Å². The van der Waals surface area contributed by atoms with Crippen molar-refractivity contribution < 1.29 is 4.79 Å². The van der Waals surface area contributed by atoms with Crippen molar-refractivity contribution in [1.82, 2.24) is 10.3 Å². The second-order valence-electron chi connectivity index (χ2n) is 5.65. The SMILES string of the molecule is CCNc1ncc(C(=O)NCCC(C)(C)C)cc1Cl. The Kier molecular flexibility index (Phi) is 5.60. The van der Waals surface area contributed by atoms with E-state index in [1.54, 1.807) is 6.07 Å². The Morgan fingerprint density at radius 1 is 1.42 bits per heavy atom. The van der Waals surface area contributed by atoms with Gasteiger partial charge in [0.15, 0.2) is 0 Å². The molecule has 0 aliphatic rings. The van der Waals surface area contributed by atoms with Gasteiger partial charge in [0.25, 0.3) is 5.91 Å². The molecule has 2 N–H and O–H groups in total. The summed E-state index contributed by atoms with van der Waals surface area (Å²) in [5, 5.41) is 6.37. The molecule has 1 amide bonds. The van der Waals surface area contributed by atoms with E-state index in [1.165, 1.54) is 6.20 Å². The Balaban J connectivity index is 2.60. The summed E-state index contributed by atoms with van der Waals surface area (Å²) in [6.07, 6.45) is 2.46. The fourth-order valence-electron chi connectivity index (χ4n) is 1.51. The Labute approximate surface area is 120 Å². The van der Waals surface area contributed by atoms with Gasteiger partial charge in [-0.05, 0) is 24.8 Å². The molecule has 4 nitrogen and oxygen atoms in total. The molecule has 0 spiro atoms. The van der Waals surface area contributed by atoms with E-state index in [1.807, 2.05) is 6.92 Å². The molecule has 0 aliphatic heterocycles. The highest BCUT2D eigenvalue weighted by atomic mass is 35.5. The Morgan fingerprint density at radius 2 is 2.11 bits per heavy atom. The van der Waals surface area contributed by atoms with Crippen LogP contribution < -0.4 is 10.6 Å². The lowest BCUT2D eigenvalue weighted by molar-refractivity contribution is 0.0949. The van der Waals surface area contributed by atoms with Crippen molar-refractivity contribution in [2.24, 2.45) is 5.41 Å². The van der Waals surface area contributed by atoms with E-state index in [0.29, 0.717) is 22.9 Å². The maximum absolute atomic E-state index is 11.9. The highest BCUT2D eigenvalue weighted by molar-refractivity contribution is 6.33. The maximum Gasteiger partial charge on any atom is 0.252 e. The van der Waals surface area contributed by atoms with E-state index in [9.17, 15) is 4.79 Å². The summed E-state index contributed by atoms with van der Waals surface area (Å²) >= 11 is 6.05. The second-order valence-corrected chi connectivity index (χ2v) is 6.06. The van der Waals surface area contributed by atoms with Gasteiger partial charge in [0, 0.05) is 19.3 Å². The number of pyridine rings is 1. The molecular weight excluding hydrogens is 262 g/mol. The molecule has 1 rings (SSSR count). The lowest BCUT2D eigenvalue weighted by Crippen LogP contribution is -2.27. The fourth-order valence-corrected chi connectivity index (χ4v) is 1.75. The zero-order valence-corrected chi connectivity index (χ0v) is 12.8. The summed E-state index contributed by atoms with van der Waals surface area (Å²) in [5.74, 6) is 0.470. The predicted molar refractivity (Wildman–Crippen MR) is 79.8 cm³/mol. The van der Waals surface area contributed by atoms with E-state index in [2.05, 4.69) is 36.4 Å². The van der Waals surface area contributed by atoms with Crippen molar-refractivity contribution in [2.75, 3.05) is 18.4 Å². The number of halogens is 1. The monoisotopic (exact) mass is 283 g/mol. The van der Waals surface area contributed by atoms with Crippen molar-refractivity contribution >= 4 is 23.3 Å². The molecule has 1 aromatic heterocycles. The first-order valence-corrected chi connectivity index (χ1v) is 6.89. The number of hydrogen-bond acceptors (Lipinski definition) is 3. The molecule has 19 heavy (non-hydrogen) atoms. The van der Waals surface area contributed by atoms with Crippen LogP contribution in [-0.2, 0) is 0 Å². The molecule has 1 aromatic rings. The number of rotatable bonds is 5. The van der Waals surface area contributed by atoms with Gasteiger partial charge in [-0.15, -0.1) is 0 Å². The third-order valence-corrected chi connectivity index (χ3v) is 2.90. The number of nitrogens with zero attached hydrogens (tertiary/aromatic N) is 1. The van der Waals surface area contributed by atoms with Crippen molar-refractivity contribution in [3.05, 3.63) is 22.8 Å². The van der Waals surface area contributed by atoms with Gasteiger partial charge in [0.2, 0.25) is 0 Å². The van der Waals surface area contributed by atoms with Crippen molar-refractivity contribution in [3.63, 3.8) is 0 Å². The summed E-state index contributed by atoms with van der Waals surface area (Å²) < 4.78 is 0. The van der Waals surface area contributed by atoms with Crippen LogP contribution >= 0.6 is 11.6 Å². The van der Waals surface area contributed by atoms with Gasteiger partial charge in [0.05, 0.1) is 10.6 Å². The second kappa shape index (κ2) is 6.75. The molecule has 0 aromatic carbocycles. The average Bonchev–Trinajstić information content (AvgIpc) is 2.30. The molecule has 0 atom stereocenters. The van der Waals surface area contributed by atoms with Gasteiger partial charge >= 0.3 is 0 Å². The van der Waals surface area contributed by atoms with Gasteiger partial charge in [-0.1, -0.05) is 32.4 Å².